The third-order valence-electron chi connectivity index (χ3n) is 9.40. The Balaban J connectivity index is 4.02. The molecule has 0 heterocycles. The van der Waals surface area contributed by atoms with Crippen LogP contribution in [0.5, 0.6) is 0 Å². The number of quaternary nitrogens is 1. The van der Waals surface area contributed by atoms with Crippen molar-refractivity contribution in [2.45, 2.75) is 154 Å². The summed E-state index contributed by atoms with van der Waals surface area (Å²) in [6.07, 6.45) is 65.7. The van der Waals surface area contributed by atoms with Gasteiger partial charge in [-0.3, -0.25) is 9.36 Å². The van der Waals surface area contributed by atoms with E-state index in [-0.39, 0.29) is 19.1 Å². The van der Waals surface area contributed by atoms with E-state index in [0.717, 1.165) is 116 Å². The number of carbonyl (C=O) groups excluding carboxylic acids is 1. The van der Waals surface area contributed by atoms with Crippen molar-refractivity contribution in [1.82, 2.24) is 5.32 Å². The van der Waals surface area contributed by atoms with Crippen LogP contribution in [0, 0.1) is 0 Å². The van der Waals surface area contributed by atoms with Gasteiger partial charge in [0.15, 0.2) is 0 Å². The van der Waals surface area contributed by atoms with Gasteiger partial charge in [-0.25, -0.2) is 0 Å². The molecule has 0 aromatic rings. The lowest BCUT2D eigenvalue weighted by Crippen LogP contribution is -2.46. The molecule has 9 heteroatoms. The summed E-state index contributed by atoms with van der Waals surface area (Å²) in [7, 11) is 1.25. The number of hydrogen-bond donors (Lipinski definition) is 2. The Labute approximate surface area is 379 Å². The lowest BCUT2D eigenvalue weighted by molar-refractivity contribution is -0.870. The minimum Gasteiger partial charge on any atom is -0.756 e. The van der Waals surface area contributed by atoms with Gasteiger partial charge in [0.1, 0.15) is 13.2 Å². The summed E-state index contributed by atoms with van der Waals surface area (Å²) in [4.78, 5) is 25.0. The first-order chi connectivity index (χ1) is 30.0. The van der Waals surface area contributed by atoms with Gasteiger partial charge in [0.05, 0.1) is 39.9 Å². The number of phosphoric acid groups is 1. The van der Waals surface area contributed by atoms with Crippen molar-refractivity contribution in [2.24, 2.45) is 0 Å². The van der Waals surface area contributed by atoms with Crippen LogP contribution >= 0.6 is 7.82 Å². The zero-order valence-corrected chi connectivity index (χ0v) is 40.4. The molecule has 0 aliphatic carbocycles. The molecule has 2 N–H and O–H groups in total. The zero-order valence-electron chi connectivity index (χ0n) is 39.5. The number of nitrogens with one attached hydrogen (secondary N) is 1. The third kappa shape index (κ3) is 44.7. The average Bonchev–Trinajstić information content (AvgIpc) is 3.23. The molecule has 0 aliphatic heterocycles. The van der Waals surface area contributed by atoms with Crippen LogP contribution in [0.15, 0.2) is 134 Å². The van der Waals surface area contributed by atoms with Crippen LogP contribution in [0.3, 0.4) is 0 Å². The summed E-state index contributed by atoms with van der Waals surface area (Å²) < 4.78 is 22.9. The van der Waals surface area contributed by atoms with Crippen molar-refractivity contribution < 1.29 is 32.9 Å². The van der Waals surface area contributed by atoms with Crippen LogP contribution < -0.4 is 10.2 Å². The quantitative estimate of drug-likeness (QED) is 0.0275. The molecule has 3 atom stereocenters. The molecule has 0 rings (SSSR count). The maximum Gasteiger partial charge on any atom is 0.268 e. The molecule has 1 amide bonds. The zero-order chi connectivity index (χ0) is 45.7. The molecule has 0 saturated carbocycles. The van der Waals surface area contributed by atoms with Crippen molar-refractivity contribution in [3.05, 3.63) is 134 Å². The first kappa shape index (κ1) is 58.6. The lowest BCUT2D eigenvalue weighted by atomic mass is 10.0. The number of amides is 1. The molecule has 350 valence electrons. The maximum atomic E-state index is 12.7. The lowest BCUT2D eigenvalue weighted by Gasteiger charge is -2.30. The second-order valence-corrected chi connectivity index (χ2v) is 17.8. The number of aliphatic hydroxyl groups is 1. The summed E-state index contributed by atoms with van der Waals surface area (Å²) in [5, 5.41) is 13.5. The molecule has 8 nitrogen and oxygen atoms in total. The highest BCUT2D eigenvalue weighted by molar-refractivity contribution is 7.45. The number of unbranched alkanes of at least 4 members (excludes halogenated alkanes) is 5. The maximum absolute atomic E-state index is 12.7. The van der Waals surface area contributed by atoms with Crippen molar-refractivity contribution in [1.29, 1.82) is 0 Å². The van der Waals surface area contributed by atoms with E-state index in [0.29, 0.717) is 23.9 Å². The van der Waals surface area contributed by atoms with Gasteiger partial charge in [-0.1, -0.05) is 173 Å². The van der Waals surface area contributed by atoms with Crippen LogP contribution in [0.25, 0.3) is 0 Å². The summed E-state index contributed by atoms with van der Waals surface area (Å²) in [6.45, 7) is 4.36. The number of allylic oxidation sites excluding steroid dienone is 22. The summed E-state index contributed by atoms with van der Waals surface area (Å²) in [5.41, 5.74) is 0. The van der Waals surface area contributed by atoms with Gasteiger partial charge in [-0.05, 0) is 96.3 Å². The van der Waals surface area contributed by atoms with Crippen LogP contribution in [-0.4, -0.2) is 68.5 Å². The van der Waals surface area contributed by atoms with Gasteiger partial charge in [-0.2, -0.15) is 0 Å². The minimum absolute atomic E-state index is 0.00430. The topological polar surface area (TPSA) is 108 Å². The van der Waals surface area contributed by atoms with E-state index in [1.54, 1.807) is 0 Å². The second-order valence-electron chi connectivity index (χ2n) is 16.4. The fourth-order valence-electron chi connectivity index (χ4n) is 5.69. The number of likely N-dealkylation sites (N-methyl/N-ethyl adjacent to an activating group) is 1. The summed E-state index contributed by atoms with van der Waals surface area (Å²) >= 11 is 0. The van der Waals surface area contributed by atoms with E-state index in [1.807, 2.05) is 21.1 Å². The molecule has 0 fully saturated rings. The Morgan fingerprint density at radius 3 is 1.37 bits per heavy atom. The average molecular weight is 879 g/mol. The highest BCUT2D eigenvalue weighted by Crippen LogP contribution is 2.38. The van der Waals surface area contributed by atoms with Crippen molar-refractivity contribution >= 4 is 13.7 Å². The van der Waals surface area contributed by atoms with Crippen LogP contribution in [-0.2, 0) is 18.4 Å². The molecule has 0 aromatic carbocycles. The highest BCUT2D eigenvalue weighted by atomic mass is 31.2. The van der Waals surface area contributed by atoms with Gasteiger partial charge in [0, 0.05) is 6.42 Å². The van der Waals surface area contributed by atoms with Gasteiger partial charge >= 0.3 is 0 Å². The number of hydrogen-bond acceptors (Lipinski definition) is 6. The standard InChI is InChI=1S/C53H87N2O6P/c1-6-8-10-11-12-13-14-15-16-17-18-19-20-21-22-23-24-25-26-27-28-29-30-31-32-33-34-35-36-37-38-39-40-41-42-43-45-47-53(57)54-51(52(56)46-44-9-7-2)50-61-62(58,59)60-49-48-55(3,4)5/h8,10,12-13,15-16,18-19,21-22,24-25,27-28,30-31,33-34,36-37,39-40,51-52,56H,6-7,9,11,14,17,20,23,26,29,32,35,38,41-50H2,1-5H3,(H-,54,57,58,59)/b10-8-,13-12-,16-15-,19-18-,22-21-,25-24-,28-27-,31-30-,34-33-,37-36-,40-39-. The van der Waals surface area contributed by atoms with Crippen LogP contribution in [0.2, 0.25) is 0 Å². The Bertz CT molecular complexity index is 1460. The predicted molar refractivity (Wildman–Crippen MR) is 265 cm³/mol. The summed E-state index contributed by atoms with van der Waals surface area (Å²) in [6, 6.07) is -0.824. The van der Waals surface area contributed by atoms with Crippen molar-refractivity contribution in [3.8, 4) is 0 Å². The molecule has 0 spiro atoms. The Hall–Kier alpha value is -3.36. The fraction of sp³-hybridized carbons (Fsp3) is 0.566. The van der Waals surface area contributed by atoms with Crippen molar-refractivity contribution in [3.63, 3.8) is 0 Å². The monoisotopic (exact) mass is 879 g/mol. The Morgan fingerprint density at radius 1 is 0.581 bits per heavy atom. The SMILES string of the molecule is CC/C=C\C/C=C\C/C=C\C/C=C\C/C=C\C/C=C\C/C=C\C/C=C\C/C=C\C/C=C\C/C=C\CCCCCC(=O)NC(COP(=O)([O-])OCC[N+](C)(C)C)C(O)CCCCC. The Morgan fingerprint density at radius 2 is 0.984 bits per heavy atom. The smallest absolute Gasteiger partial charge is 0.268 e. The molecule has 0 radical (unpaired) electrons. The molecule has 0 aromatic heterocycles. The molecule has 0 saturated heterocycles. The molecular weight excluding hydrogens is 792 g/mol. The first-order valence-electron chi connectivity index (χ1n) is 23.5. The highest BCUT2D eigenvalue weighted by Gasteiger charge is 2.24. The van der Waals surface area contributed by atoms with Crippen LogP contribution in [0.1, 0.15) is 142 Å². The number of carbonyl (C=O) groups is 1. The second kappa shape index (κ2) is 42.9. The minimum atomic E-state index is -4.56. The predicted octanol–water partition coefficient (Wildman–Crippen LogP) is 13.0. The van der Waals surface area contributed by atoms with Crippen molar-refractivity contribution in [2.75, 3.05) is 40.9 Å². The third-order valence-corrected chi connectivity index (χ3v) is 10.4. The number of rotatable bonds is 40. The first-order valence-corrected chi connectivity index (χ1v) is 25.0. The number of phosphoric ester groups is 1. The van der Waals surface area contributed by atoms with E-state index in [1.165, 1.54) is 0 Å². The summed E-state index contributed by atoms with van der Waals surface area (Å²) in [5.74, 6) is -0.217. The Kier molecular flexibility index (Phi) is 40.6. The van der Waals surface area contributed by atoms with E-state index in [4.69, 9.17) is 9.05 Å². The van der Waals surface area contributed by atoms with Gasteiger partial charge in [0.2, 0.25) is 5.91 Å². The number of aliphatic hydroxyl groups excluding tert-OH is 1. The van der Waals surface area contributed by atoms with E-state index in [9.17, 15) is 19.4 Å². The molecule has 0 bridgehead atoms. The van der Waals surface area contributed by atoms with Gasteiger partial charge in [0.25, 0.3) is 7.82 Å². The van der Waals surface area contributed by atoms with Crippen LogP contribution in [0.4, 0.5) is 0 Å². The van der Waals surface area contributed by atoms with E-state index >= 15 is 0 Å². The van der Waals surface area contributed by atoms with E-state index < -0.39 is 20.0 Å². The molecular formula is C53H87N2O6P. The largest absolute Gasteiger partial charge is 0.756 e. The normalized spacial score (nSPS) is 15.4. The molecule has 3 unspecified atom stereocenters. The fourth-order valence-corrected chi connectivity index (χ4v) is 6.41. The number of nitrogens with zero attached hydrogens (tertiary/aromatic N) is 1. The van der Waals surface area contributed by atoms with Gasteiger partial charge in [-0.15, -0.1) is 0 Å². The molecule has 62 heavy (non-hydrogen) atoms. The van der Waals surface area contributed by atoms with Gasteiger partial charge < -0.3 is 28.8 Å². The molecule has 0 aliphatic rings. The van der Waals surface area contributed by atoms with E-state index in [2.05, 4.69) is 153 Å².